The van der Waals surface area contributed by atoms with Crippen LogP contribution in [0.1, 0.15) is 11.1 Å². The van der Waals surface area contributed by atoms with Crippen molar-refractivity contribution in [2.24, 2.45) is 5.73 Å². The van der Waals surface area contributed by atoms with Crippen LogP contribution in [0.4, 0.5) is 17.6 Å². The highest BCUT2D eigenvalue weighted by Crippen LogP contribution is 2.34. The Morgan fingerprint density at radius 3 is 2.38 bits per heavy atom. The molecule has 0 aromatic heterocycles. The molecular formula is C14H10F4N2O. The fourth-order valence-corrected chi connectivity index (χ4v) is 1.66. The summed E-state index contributed by atoms with van der Waals surface area (Å²) >= 11 is 0. The molecule has 0 bridgehead atoms. The number of alkyl halides is 3. The second-order valence-electron chi connectivity index (χ2n) is 4.18. The molecule has 7 heteroatoms. The van der Waals surface area contributed by atoms with Gasteiger partial charge in [0.15, 0.2) is 0 Å². The molecule has 110 valence electrons. The van der Waals surface area contributed by atoms with Gasteiger partial charge in [-0.05, 0) is 30.3 Å². The van der Waals surface area contributed by atoms with Crippen molar-refractivity contribution in [3.8, 4) is 11.5 Å². The molecule has 0 atom stereocenters. The van der Waals surface area contributed by atoms with Crippen molar-refractivity contribution in [3.05, 3.63) is 59.4 Å². The van der Waals surface area contributed by atoms with Gasteiger partial charge in [0.1, 0.15) is 23.2 Å². The molecule has 2 aromatic carbocycles. The normalized spacial score (nSPS) is 11.2. The second-order valence-corrected chi connectivity index (χ2v) is 4.18. The predicted octanol–water partition coefficient (Wildman–Crippen LogP) is 3.92. The number of rotatable bonds is 3. The van der Waals surface area contributed by atoms with Gasteiger partial charge >= 0.3 is 6.18 Å². The lowest BCUT2D eigenvalue weighted by atomic mass is 10.1. The Bertz CT molecular complexity index is 683. The van der Waals surface area contributed by atoms with Gasteiger partial charge < -0.3 is 10.5 Å². The first kappa shape index (κ1) is 14.8. The van der Waals surface area contributed by atoms with Crippen LogP contribution in [0.5, 0.6) is 11.5 Å². The van der Waals surface area contributed by atoms with Crippen molar-refractivity contribution in [1.29, 1.82) is 5.41 Å². The van der Waals surface area contributed by atoms with E-state index in [0.29, 0.717) is 0 Å². The summed E-state index contributed by atoms with van der Waals surface area (Å²) in [5, 5.41) is 7.34. The topological polar surface area (TPSA) is 59.1 Å². The fraction of sp³-hybridized carbons (Fsp3) is 0.0714. The van der Waals surface area contributed by atoms with Gasteiger partial charge in [-0.2, -0.15) is 13.2 Å². The molecule has 21 heavy (non-hydrogen) atoms. The van der Waals surface area contributed by atoms with Gasteiger partial charge in [0, 0.05) is 6.07 Å². The van der Waals surface area contributed by atoms with Gasteiger partial charge in [-0.1, -0.05) is 6.07 Å². The standard InChI is InChI=1S/C14H10F4N2O/c15-9-2-1-3-10(7-9)21-12-5-4-8(14(16,17)18)6-11(12)13(19)20/h1-7H,(H3,19,20). The minimum atomic E-state index is -4.55. The zero-order chi connectivity index (χ0) is 15.6. The number of halogens is 4. The van der Waals surface area contributed by atoms with Crippen molar-refractivity contribution in [3.63, 3.8) is 0 Å². The number of amidine groups is 1. The average Bonchev–Trinajstić information content (AvgIpc) is 2.37. The first-order chi connectivity index (χ1) is 9.77. The zero-order valence-corrected chi connectivity index (χ0v) is 10.5. The monoisotopic (exact) mass is 298 g/mol. The first-order valence-corrected chi connectivity index (χ1v) is 5.76. The van der Waals surface area contributed by atoms with E-state index < -0.39 is 23.4 Å². The number of hydrogen-bond acceptors (Lipinski definition) is 2. The third-order valence-electron chi connectivity index (χ3n) is 2.62. The van der Waals surface area contributed by atoms with Crippen molar-refractivity contribution in [2.75, 3.05) is 0 Å². The number of ether oxygens (including phenoxy) is 1. The van der Waals surface area contributed by atoms with Crippen LogP contribution in [0.15, 0.2) is 42.5 Å². The van der Waals surface area contributed by atoms with E-state index in [0.717, 1.165) is 24.3 Å². The van der Waals surface area contributed by atoms with Crippen molar-refractivity contribution in [1.82, 2.24) is 0 Å². The summed E-state index contributed by atoms with van der Waals surface area (Å²) in [7, 11) is 0. The minimum Gasteiger partial charge on any atom is -0.456 e. The molecule has 0 fully saturated rings. The van der Waals surface area contributed by atoms with Crippen molar-refractivity contribution < 1.29 is 22.3 Å². The summed E-state index contributed by atoms with van der Waals surface area (Å²) in [6.07, 6.45) is -4.55. The molecule has 0 unspecified atom stereocenters. The molecule has 0 aliphatic rings. The number of nitrogens with two attached hydrogens (primary N) is 1. The zero-order valence-electron chi connectivity index (χ0n) is 10.5. The number of nitrogens with one attached hydrogen (secondary N) is 1. The Hall–Kier alpha value is -2.57. The van der Waals surface area contributed by atoms with Crippen LogP contribution in [0.2, 0.25) is 0 Å². The molecule has 0 aliphatic carbocycles. The molecular weight excluding hydrogens is 288 g/mol. The summed E-state index contributed by atoms with van der Waals surface area (Å²) in [6, 6.07) is 7.67. The molecule has 0 saturated carbocycles. The number of benzene rings is 2. The Balaban J connectivity index is 2.42. The van der Waals surface area contributed by atoms with Crippen LogP contribution in [-0.4, -0.2) is 5.84 Å². The number of nitrogen functional groups attached to an aromatic ring is 1. The van der Waals surface area contributed by atoms with Gasteiger partial charge in [0.25, 0.3) is 0 Å². The maximum atomic E-state index is 13.1. The highest BCUT2D eigenvalue weighted by molar-refractivity contribution is 5.98. The largest absolute Gasteiger partial charge is 0.456 e. The van der Waals surface area contributed by atoms with Crippen LogP contribution in [-0.2, 0) is 6.18 Å². The third kappa shape index (κ3) is 3.50. The summed E-state index contributed by atoms with van der Waals surface area (Å²) in [6.45, 7) is 0. The van der Waals surface area contributed by atoms with Gasteiger partial charge in [-0.25, -0.2) is 4.39 Å². The van der Waals surface area contributed by atoms with E-state index in [4.69, 9.17) is 15.9 Å². The quantitative estimate of drug-likeness (QED) is 0.512. The van der Waals surface area contributed by atoms with Crippen molar-refractivity contribution in [2.45, 2.75) is 6.18 Å². The Kier molecular flexibility index (Phi) is 3.84. The predicted molar refractivity (Wildman–Crippen MR) is 68.9 cm³/mol. The maximum absolute atomic E-state index is 13.1. The smallest absolute Gasteiger partial charge is 0.416 e. The molecule has 0 saturated heterocycles. The molecule has 0 aliphatic heterocycles. The van der Waals surface area contributed by atoms with E-state index in [1.165, 1.54) is 18.2 Å². The van der Waals surface area contributed by atoms with Crippen LogP contribution < -0.4 is 10.5 Å². The number of hydrogen-bond donors (Lipinski definition) is 2. The van der Waals surface area contributed by atoms with E-state index in [1.54, 1.807) is 0 Å². The molecule has 0 spiro atoms. The van der Waals surface area contributed by atoms with Crippen LogP contribution in [0.25, 0.3) is 0 Å². The van der Waals surface area contributed by atoms with E-state index in [1.807, 2.05) is 0 Å². The van der Waals surface area contributed by atoms with Crippen LogP contribution >= 0.6 is 0 Å². The lowest BCUT2D eigenvalue weighted by molar-refractivity contribution is -0.137. The molecule has 0 amide bonds. The van der Waals surface area contributed by atoms with Crippen LogP contribution in [0.3, 0.4) is 0 Å². The summed E-state index contributed by atoms with van der Waals surface area (Å²) in [4.78, 5) is 0. The van der Waals surface area contributed by atoms with E-state index in [2.05, 4.69) is 0 Å². The van der Waals surface area contributed by atoms with Crippen LogP contribution in [0, 0.1) is 11.2 Å². The second kappa shape index (κ2) is 5.43. The van der Waals surface area contributed by atoms with E-state index in [9.17, 15) is 17.6 Å². The third-order valence-corrected chi connectivity index (χ3v) is 2.62. The Morgan fingerprint density at radius 1 is 1.10 bits per heavy atom. The van der Waals surface area contributed by atoms with E-state index in [-0.39, 0.29) is 17.1 Å². The lowest BCUT2D eigenvalue weighted by Gasteiger charge is -2.13. The van der Waals surface area contributed by atoms with Gasteiger partial charge in [0.05, 0.1) is 11.1 Å². The van der Waals surface area contributed by atoms with Gasteiger partial charge in [-0.15, -0.1) is 0 Å². The molecule has 2 aromatic rings. The van der Waals surface area contributed by atoms with Gasteiger partial charge in [0.2, 0.25) is 0 Å². The molecule has 0 heterocycles. The molecule has 2 rings (SSSR count). The summed E-state index contributed by atoms with van der Waals surface area (Å²) in [5.74, 6) is -1.09. The van der Waals surface area contributed by atoms with Crippen molar-refractivity contribution >= 4 is 5.84 Å². The Labute approximate surface area is 117 Å². The molecule has 0 radical (unpaired) electrons. The highest BCUT2D eigenvalue weighted by atomic mass is 19.4. The fourth-order valence-electron chi connectivity index (χ4n) is 1.66. The maximum Gasteiger partial charge on any atom is 0.416 e. The van der Waals surface area contributed by atoms with E-state index >= 15 is 0 Å². The SMILES string of the molecule is N=C(N)c1cc(C(F)(F)F)ccc1Oc1cccc(F)c1. The highest BCUT2D eigenvalue weighted by Gasteiger charge is 2.31. The van der Waals surface area contributed by atoms with Gasteiger partial charge in [-0.3, -0.25) is 5.41 Å². The lowest BCUT2D eigenvalue weighted by Crippen LogP contribution is -2.15. The molecule has 3 nitrogen and oxygen atoms in total. The first-order valence-electron chi connectivity index (χ1n) is 5.76. The minimum absolute atomic E-state index is 0.0545. The summed E-state index contributed by atoms with van der Waals surface area (Å²) < 4.78 is 56.3. The molecule has 3 N–H and O–H groups in total. The Morgan fingerprint density at radius 2 is 1.81 bits per heavy atom. The average molecular weight is 298 g/mol. The summed E-state index contributed by atoms with van der Waals surface area (Å²) in [5.41, 5.74) is 4.11.